The average molecular weight is 330 g/mol. The van der Waals surface area contributed by atoms with Crippen molar-refractivity contribution in [2.24, 2.45) is 11.8 Å². The average Bonchev–Trinajstić information content (AvgIpc) is 3.31. The number of piperidine rings is 1. The lowest BCUT2D eigenvalue weighted by atomic mass is 9.87. The summed E-state index contributed by atoms with van der Waals surface area (Å²) >= 11 is 0. The highest BCUT2D eigenvalue weighted by Gasteiger charge is 2.40. The first-order chi connectivity index (χ1) is 11.4. The summed E-state index contributed by atoms with van der Waals surface area (Å²) in [4.78, 5) is 14.7. The Kier molecular flexibility index (Phi) is 5.14. The zero-order valence-corrected chi connectivity index (χ0v) is 15.1. The van der Waals surface area contributed by atoms with Crippen molar-refractivity contribution < 1.29 is 9.53 Å². The molecular weight excluding hydrogens is 300 g/mol. The van der Waals surface area contributed by atoms with Crippen molar-refractivity contribution in [3.8, 4) is 0 Å². The molecule has 1 aromatic rings. The number of alkyl carbamates (subject to hydrolysis) is 1. The molecule has 4 nitrogen and oxygen atoms in total. The first-order valence-corrected chi connectivity index (χ1v) is 9.16. The number of rotatable bonds is 4. The summed E-state index contributed by atoms with van der Waals surface area (Å²) in [5, 5.41) is 3.16. The van der Waals surface area contributed by atoms with Crippen LogP contribution >= 0.6 is 0 Å². The fraction of sp³-hybridized carbons (Fsp3) is 0.650. The number of hydrogen-bond acceptors (Lipinski definition) is 3. The molecule has 1 aliphatic carbocycles. The lowest BCUT2D eigenvalue weighted by Crippen LogP contribution is -2.53. The van der Waals surface area contributed by atoms with Crippen LogP contribution in [-0.4, -0.2) is 35.7 Å². The Morgan fingerprint density at radius 2 is 1.92 bits per heavy atom. The van der Waals surface area contributed by atoms with E-state index in [-0.39, 0.29) is 12.1 Å². The summed E-state index contributed by atoms with van der Waals surface area (Å²) in [7, 11) is 0. The van der Waals surface area contributed by atoms with E-state index in [0.717, 1.165) is 32.0 Å². The van der Waals surface area contributed by atoms with E-state index in [4.69, 9.17) is 4.74 Å². The maximum atomic E-state index is 12.2. The van der Waals surface area contributed by atoms with Crippen molar-refractivity contribution in [1.82, 2.24) is 10.2 Å². The van der Waals surface area contributed by atoms with Gasteiger partial charge in [0.25, 0.3) is 0 Å². The third kappa shape index (κ3) is 4.97. The molecule has 0 aromatic heterocycles. The van der Waals surface area contributed by atoms with Crippen molar-refractivity contribution in [3.63, 3.8) is 0 Å². The molecule has 2 atom stereocenters. The van der Waals surface area contributed by atoms with E-state index in [2.05, 4.69) is 40.5 Å². The zero-order chi connectivity index (χ0) is 17.2. The van der Waals surface area contributed by atoms with Crippen LogP contribution in [0, 0.1) is 11.8 Å². The number of hydrogen-bond donors (Lipinski definition) is 1. The van der Waals surface area contributed by atoms with E-state index in [1.54, 1.807) is 0 Å². The number of amides is 1. The van der Waals surface area contributed by atoms with E-state index in [0.29, 0.717) is 5.92 Å². The standard InChI is InChI=1S/C20H30N2O2/c1-20(2,3)24-19(23)21-18-14-22(12-11-17(18)16-9-10-16)13-15-7-5-4-6-8-15/h4-8,16-18H,9-14H2,1-3H3,(H,21,23). The minimum atomic E-state index is -0.447. The molecule has 1 saturated carbocycles. The van der Waals surface area contributed by atoms with Crippen LogP contribution in [0.4, 0.5) is 4.79 Å². The van der Waals surface area contributed by atoms with Gasteiger partial charge in [0.1, 0.15) is 5.60 Å². The molecule has 2 aliphatic rings. The Balaban J connectivity index is 1.60. The van der Waals surface area contributed by atoms with Crippen molar-refractivity contribution >= 4 is 6.09 Å². The third-order valence-electron chi connectivity index (χ3n) is 4.93. The molecule has 4 heteroatoms. The molecule has 1 amide bonds. The molecule has 1 aliphatic heterocycles. The molecule has 3 rings (SSSR count). The van der Waals surface area contributed by atoms with E-state index in [1.165, 1.54) is 18.4 Å². The van der Waals surface area contributed by atoms with Crippen molar-refractivity contribution in [1.29, 1.82) is 0 Å². The molecule has 0 bridgehead atoms. The van der Waals surface area contributed by atoms with Crippen LogP contribution in [0.15, 0.2) is 30.3 Å². The molecule has 0 spiro atoms. The van der Waals surface area contributed by atoms with E-state index in [1.807, 2.05) is 20.8 Å². The summed E-state index contributed by atoms with van der Waals surface area (Å²) in [6.07, 6.45) is 3.52. The second-order valence-corrected chi connectivity index (χ2v) is 8.26. The van der Waals surface area contributed by atoms with Crippen LogP contribution in [0.25, 0.3) is 0 Å². The Bertz CT molecular complexity index is 549. The summed E-state index contributed by atoms with van der Waals surface area (Å²) in [6.45, 7) is 8.71. The molecule has 132 valence electrons. The van der Waals surface area contributed by atoms with Gasteiger partial charge in [-0.2, -0.15) is 0 Å². The smallest absolute Gasteiger partial charge is 0.407 e. The van der Waals surface area contributed by atoms with Gasteiger partial charge in [0.05, 0.1) is 0 Å². The highest BCUT2D eigenvalue weighted by Crippen LogP contribution is 2.42. The van der Waals surface area contributed by atoms with Gasteiger partial charge in [-0.3, -0.25) is 4.90 Å². The van der Waals surface area contributed by atoms with Gasteiger partial charge in [-0.15, -0.1) is 0 Å². The van der Waals surface area contributed by atoms with Gasteiger partial charge in [-0.05, 0) is 64.0 Å². The number of nitrogens with one attached hydrogen (secondary N) is 1. The van der Waals surface area contributed by atoms with Crippen LogP contribution in [0.5, 0.6) is 0 Å². The number of likely N-dealkylation sites (tertiary alicyclic amines) is 1. The number of carbonyl (C=O) groups is 1. The molecule has 1 saturated heterocycles. The van der Waals surface area contributed by atoms with Crippen LogP contribution in [0.1, 0.15) is 45.6 Å². The second-order valence-electron chi connectivity index (χ2n) is 8.26. The van der Waals surface area contributed by atoms with Gasteiger partial charge >= 0.3 is 6.09 Å². The highest BCUT2D eigenvalue weighted by atomic mass is 16.6. The molecule has 2 fully saturated rings. The Morgan fingerprint density at radius 1 is 1.21 bits per heavy atom. The van der Waals surface area contributed by atoms with Gasteiger partial charge < -0.3 is 10.1 Å². The maximum absolute atomic E-state index is 12.2. The van der Waals surface area contributed by atoms with E-state index < -0.39 is 5.60 Å². The monoisotopic (exact) mass is 330 g/mol. The lowest BCUT2D eigenvalue weighted by Gasteiger charge is -2.39. The van der Waals surface area contributed by atoms with Crippen molar-refractivity contribution in [2.75, 3.05) is 13.1 Å². The molecule has 1 heterocycles. The zero-order valence-electron chi connectivity index (χ0n) is 15.1. The Labute approximate surface area is 145 Å². The van der Waals surface area contributed by atoms with E-state index >= 15 is 0 Å². The molecule has 1 aromatic carbocycles. The quantitative estimate of drug-likeness (QED) is 0.913. The summed E-state index contributed by atoms with van der Waals surface area (Å²) in [5.41, 5.74) is 0.885. The molecular formula is C20H30N2O2. The van der Waals surface area contributed by atoms with Crippen LogP contribution in [0.2, 0.25) is 0 Å². The summed E-state index contributed by atoms with van der Waals surface area (Å²) in [5.74, 6) is 1.40. The van der Waals surface area contributed by atoms with Crippen LogP contribution in [0.3, 0.4) is 0 Å². The van der Waals surface area contributed by atoms with Gasteiger partial charge in [0.2, 0.25) is 0 Å². The van der Waals surface area contributed by atoms with E-state index in [9.17, 15) is 4.79 Å². The largest absolute Gasteiger partial charge is 0.444 e. The molecule has 24 heavy (non-hydrogen) atoms. The van der Waals surface area contributed by atoms with Gasteiger partial charge in [-0.25, -0.2) is 4.79 Å². The maximum Gasteiger partial charge on any atom is 0.407 e. The predicted molar refractivity (Wildman–Crippen MR) is 95.7 cm³/mol. The highest BCUT2D eigenvalue weighted by molar-refractivity contribution is 5.68. The van der Waals surface area contributed by atoms with Gasteiger partial charge in [-0.1, -0.05) is 30.3 Å². The third-order valence-corrected chi connectivity index (χ3v) is 4.93. The van der Waals surface area contributed by atoms with Crippen LogP contribution in [-0.2, 0) is 11.3 Å². The van der Waals surface area contributed by atoms with Gasteiger partial charge in [0, 0.05) is 19.1 Å². The Hall–Kier alpha value is -1.55. The second kappa shape index (κ2) is 7.14. The first kappa shape index (κ1) is 17.3. The van der Waals surface area contributed by atoms with Gasteiger partial charge in [0.15, 0.2) is 0 Å². The number of ether oxygens (including phenoxy) is 1. The normalized spacial score (nSPS) is 25.3. The fourth-order valence-electron chi connectivity index (χ4n) is 3.72. The van der Waals surface area contributed by atoms with Crippen LogP contribution < -0.4 is 5.32 Å². The summed E-state index contributed by atoms with van der Waals surface area (Å²) in [6, 6.07) is 10.8. The minimum absolute atomic E-state index is 0.199. The van der Waals surface area contributed by atoms with Crippen molar-refractivity contribution in [3.05, 3.63) is 35.9 Å². The molecule has 0 radical (unpaired) electrons. The number of benzene rings is 1. The fourth-order valence-corrected chi connectivity index (χ4v) is 3.72. The van der Waals surface area contributed by atoms with Crippen molar-refractivity contribution in [2.45, 2.75) is 58.2 Å². The SMILES string of the molecule is CC(C)(C)OC(=O)NC1CN(Cc2ccccc2)CCC1C1CC1. The number of nitrogens with zero attached hydrogens (tertiary/aromatic N) is 1. The minimum Gasteiger partial charge on any atom is -0.444 e. The number of carbonyl (C=O) groups excluding carboxylic acids is 1. The Morgan fingerprint density at radius 3 is 2.54 bits per heavy atom. The predicted octanol–water partition coefficient (Wildman–Crippen LogP) is 3.81. The first-order valence-electron chi connectivity index (χ1n) is 9.16. The molecule has 2 unspecified atom stereocenters. The lowest BCUT2D eigenvalue weighted by molar-refractivity contribution is 0.0411. The summed E-state index contributed by atoms with van der Waals surface area (Å²) < 4.78 is 5.47. The topological polar surface area (TPSA) is 41.6 Å². The molecule has 1 N–H and O–H groups in total.